The third-order valence-electron chi connectivity index (χ3n) is 12.5. The summed E-state index contributed by atoms with van der Waals surface area (Å²) in [7, 11) is 1.44. The second-order valence-corrected chi connectivity index (χ2v) is 16.1. The van der Waals surface area contributed by atoms with Crippen LogP contribution in [0, 0.1) is 12.7 Å². The minimum atomic E-state index is -2.03. The van der Waals surface area contributed by atoms with Crippen LogP contribution in [-0.2, 0) is 58.6 Å². The van der Waals surface area contributed by atoms with E-state index in [-0.39, 0.29) is 44.0 Å². The molecule has 324 valence electrons. The van der Waals surface area contributed by atoms with Gasteiger partial charge in [0.05, 0.1) is 41.6 Å². The number of benzene rings is 3. The van der Waals surface area contributed by atoms with Gasteiger partial charge in [-0.25, -0.2) is 19.0 Å². The van der Waals surface area contributed by atoms with Crippen molar-refractivity contribution in [2.24, 2.45) is 0 Å². The SMILES string of the molecule is CC[C@@]1(O)C(=O)OCc2c1cc1n(c2=O)Cc2c-1nc1cc(F)c(C)c3c1c2[C@@H](NC(=O)CNC(=O)COCNC(=O)CN(C)C(=O)OC1c2ccccc2-c2ccccc21)CC3. The van der Waals surface area contributed by atoms with E-state index < -0.39 is 72.1 Å². The molecule has 0 bridgehead atoms. The summed E-state index contributed by atoms with van der Waals surface area (Å²) >= 11 is 0. The number of hydrogen-bond donors (Lipinski definition) is 4. The quantitative estimate of drug-likeness (QED) is 0.0840. The second kappa shape index (κ2) is 16.0. The Morgan fingerprint density at radius 2 is 1.70 bits per heavy atom. The average Bonchev–Trinajstić information content (AvgIpc) is 3.80. The molecule has 0 spiro atoms. The Balaban J connectivity index is 0.808. The largest absolute Gasteiger partial charge is 0.458 e. The van der Waals surface area contributed by atoms with Crippen LogP contribution < -0.4 is 21.5 Å². The number of pyridine rings is 2. The Labute approximate surface area is 359 Å². The van der Waals surface area contributed by atoms with Crippen LogP contribution in [0.1, 0.15) is 76.4 Å². The van der Waals surface area contributed by atoms with Crippen molar-refractivity contribution in [2.75, 3.05) is 33.5 Å². The first-order valence-electron chi connectivity index (χ1n) is 20.6. The molecule has 4 aliphatic rings. The molecular formula is C46H43FN6O10. The molecule has 0 saturated carbocycles. The third-order valence-corrected chi connectivity index (χ3v) is 12.5. The van der Waals surface area contributed by atoms with Gasteiger partial charge in [0.25, 0.3) is 5.56 Å². The van der Waals surface area contributed by atoms with E-state index in [1.165, 1.54) is 17.7 Å². The maximum Gasteiger partial charge on any atom is 0.410 e. The van der Waals surface area contributed by atoms with Crippen LogP contribution in [0.5, 0.6) is 0 Å². The molecule has 2 atom stereocenters. The summed E-state index contributed by atoms with van der Waals surface area (Å²) in [5.41, 5.74) is 5.05. The molecule has 16 nitrogen and oxygen atoms in total. The zero-order valence-electron chi connectivity index (χ0n) is 34.6. The molecule has 9 rings (SSSR count). The summed E-state index contributed by atoms with van der Waals surface area (Å²) in [4.78, 5) is 84.2. The topological polar surface area (TPSA) is 207 Å². The Morgan fingerprint density at radius 1 is 0.984 bits per heavy atom. The number of amides is 4. The summed E-state index contributed by atoms with van der Waals surface area (Å²) in [6.45, 7) is 1.51. The molecule has 63 heavy (non-hydrogen) atoms. The number of carbonyl (C=O) groups excluding carboxylic acids is 5. The van der Waals surface area contributed by atoms with Crippen LogP contribution in [0.15, 0.2) is 65.5 Å². The van der Waals surface area contributed by atoms with E-state index in [2.05, 4.69) is 16.0 Å². The zero-order chi connectivity index (χ0) is 44.3. The number of rotatable bonds is 11. The molecule has 0 unspecified atom stereocenters. The lowest BCUT2D eigenvalue weighted by atomic mass is 9.81. The predicted octanol–water partition coefficient (Wildman–Crippen LogP) is 3.68. The van der Waals surface area contributed by atoms with Crippen molar-refractivity contribution in [1.29, 1.82) is 0 Å². The number of cyclic esters (lactones) is 1. The molecule has 0 fully saturated rings. The fourth-order valence-corrected chi connectivity index (χ4v) is 9.21. The monoisotopic (exact) mass is 858 g/mol. The molecule has 2 aliphatic carbocycles. The number of aryl methyl sites for hydroxylation is 1. The maximum atomic E-state index is 15.3. The number of aromatic nitrogens is 2. The number of likely N-dealkylation sites (N-methyl/N-ethyl adjacent to an activating group) is 1. The lowest BCUT2D eigenvalue weighted by Crippen LogP contribution is -2.44. The van der Waals surface area contributed by atoms with Gasteiger partial charge in [0.1, 0.15) is 32.3 Å². The highest BCUT2D eigenvalue weighted by Gasteiger charge is 2.46. The van der Waals surface area contributed by atoms with Gasteiger partial charge in [0.2, 0.25) is 17.7 Å². The van der Waals surface area contributed by atoms with E-state index in [1.807, 2.05) is 48.5 Å². The second-order valence-electron chi connectivity index (χ2n) is 16.1. The molecule has 17 heteroatoms. The lowest BCUT2D eigenvalue weighted by Gasteiger charge is -2.31. The number of nitrogens with one attached hydrogen (secondary N) is 3. The Bertz CT molecular complexity index is 2820. The predicted molar refractivity (Wildman–Crippen MR) is 223 cm³/mol. The molecule has 2 aliphatic heterocycles. The molecule has 0 saturated heterocycles. The summed E-state index contributed by atoms with van der Waals surface area (Å²) in [5, 5.41) is 20.0. The Hall–Kier alpha value is -6.98. The fraction of sp³-hybridized carbons (Fsp3) is 0.326. The van der Waals surface area contributed by atoms with Crippen molar-refractivity contribution in [2.45, 2.75) is 64.0 Å². The van der Waals surface area contributed by atoms with E-state index in [9.17, 15) is 33.9 Å². The summed E-state index contributed by atoms with van der Waals surface area (Å²) in [6, 6.07) is 17.6. The average molecular weight is 859 g/mol. The minimum Gasteiger partial charge on any atom is -0.458 e. The number of fused-ring (bicyclic) bond motifs is 8. The molecule has 4 heterocycles. The van der Waals surface area contributed by atoms with Crippen molar-refractivity contribution in [3.05, 3.63) is 121 Å². The first-order chi connectivity index (χ1) is 30.3. The van der Waals surface area contributed by atoms with E-state index in [4.69, 9.17) is 19.2 Å². The van der Waals surface area contributed by atoms with Crippen LogP contribution in [0.2, 0.25) is 0 Å². The van der Waals surface area contributed by atoms with Crippen molar-refractivity contribution < 1.29 is 47.7 Å². The molecule has 0 radical (unpaired) electrons. The number of hydrogen-bond acceptors (Lipinski definition) is 11. The first kappa shape index (κ1) is 41.4. The van der Waals surface area contributed by atoms with E-state index >= 15 is 4.39 Å². The van der Waals surface area contributed by atoms with Gasteiger partial charge < -0.3 is 44.7 Å². The highest BCUT2D eigenvalue weighted by molar-refractivity contribution is 5.94. The highest BCUT2D eigenvalue weighted by atomic mass is 19.1. The smallest absolute Gasteiger partial charge is 0.410 e. The number of nitrogens with zero attached hydrogens (tertiary/aromatic N) is 3. The van der Waals surface area contributed by atoms with Gasteiger partial charge in [-0.15, -0.1) is 0 Å². The molecule has 3 aromatic carbocycles. The fourth-order valence-electron chi connectivity index (χ4n) is 9.21. The normalized spacial score (nSPS) is 17.7. The van der Waals surface area contributed by atoms with Gasteiger partial charge in [-0.05, 0) is 60.1 Å². The number of carbonyl (C=O) groups is 5. The first-order valence-corrected chi connectivity index (χ1v) is 20.6. The highest BCUT2D eigenvalue weighted by Crippen LogP contribution is 2.47. The van der Waals surface area contributed by atoms with Crippen LogP contribution >= 0.6 is 0 Å². The van der Waals surface area contributed by atoms with Gasteiger partial charge in [0, 0.05) is 40.8 Å². The van der Waals surface area contributed by atoms with Gasteiger partial charge in [-0.3, -0.25) is 19.2 Å². The molecule has 5 aromatic rings. The van der Waals surface area contributed by atoms with Crippen molar-refractivity contribution in [3.63, 3.8) is 0 Å². The van der Waals surface area contributed by atoms with Gasteiger partial charge in [0.15, 0.2) is 11.7 Å². The van der Waals surface area contributed by atoms with E-state index in [0.717, 1.165) is 32.7 Å². The molecular weight excluding hydrogens is 816 g/mol. The third kappa shape index (κ3) is 7.06. The molecule has 4 amide bonds. The van der Waals surface area contributed by atoms with Gasteiger partial charge >= 0.3 is 12.1 Å². The van der Waals surface area contributed by atoms with Crippen molar-refractivity contribution >= 4 is 40.7 Å². The van der Waals surface area contributed by atoms with Crippen molar-refractivity contribution in [3.8, 4) is 22.5 Å². The number of halogens is 1. The maximum absolute atomic E-state index is 15.3. The van der Waals surface area contributed by atoms with Gasteiger partial charge in [-0.2, -0.15) is 0 Å². The van der Waals surface area contributed by atoms with Gasteiger partial charge in [-0.1, -0.05) is 55.5 Å². The van der Waals surface area contributed by atoms with Crippen LogP contribution in [0.3, 0.4) is 0 Å². The Morgan fingerprint density at radius 3 is 2.41 bits per heavy atom. The van der Waals surface area contributed by atoms with Crippen LogP contribution in [-0.4, -0.2) is 82.8 Å². The Kier molecular flexibility index (Phi) is 10.5. The van der Waals surface area contributed by atoms with Crippen LogP contribution in [0.4, 0.5) is 9.18 Å². The molecule has 2 aromatic heterocycles. The van der Waals surface area contributed by atoms with Crippen LogP contribution in [0.25, 0.3) is 33.4 Å². The molecule has 4 N–H and O–H groups in total. The summed E-state index contributed by atoms with van der Waals surface area (Å²) in [5.74, 6) is -3.00. The van der Waals surface area contributed by atoms with Crippen molar-refractivity contribution in [1.82, 2.24) is 30.4 Å². The van der Waals surface area contributed by atoms with E-state index in [0.29, 0.717) is 51.8 Å². The lowest BCUT2D eigenvalue weighted by molar-refractivity contribution is -0.172. The number of aliphatic hydroxyl groups is 1. The number of esters is 1. The minimum absolute atomic E-state index is 0.0307. The summed E-state index contributed by atoms with van der Waals surface area (Å²) in [6.07, 6.45) is -0.529. The standard InChI is InChI=1S/C46H43FN6O10/c1-4-46(60)31-15-35-41-29(18-53(35)43(57)30(31)20-62-44(46)58)40-33(14-13-24-23(2)32(47)16-34(51-41)39(24)40)50-36(54)17-48-38(56)21-61-22-49-37(55)19-52(3)45(59)63-42-27-11-7-5-9-25(27)26-10-6-8-12-28(26)42/h5-12,15-16,33,42,60H,4,13-14,17-22H2,1-3H3,(H,48,56)(H,49,55)(H,50,54)/t33-,46-/m0/s1. The number of ether oxygens (including phenoxy) is 3. The van der Waals surface area contributed by atoms with E-state index in [1.54, 1.807) is 19.9 Å². The summed E-state index contributed by atoms with van der Waals surface area (Å²) < 4.78 is 33.1. The zero-order valence-corrected chi connectivity index (χ0v) is 34.6.